The molecule has 0 radical (unpaired) electrons. The van der Waals surface area contributed by atoms with E-state index in [0.29, 0.717) is 12.2 Å². The van der Waals surface area contributed by atoms with E-state index >= 15 is 0 Å². The van der Waals surface area contributed by atoms with Crippen LogP contribution in [0.25, 0.3) is 0 Å². The number of hydrogen-bond acceptors (Lipinski definition) is 7. The number of nitrogens with one attached hydrogen (secondary N) is 1. The highest BCUT2D eigenvalue weighted by atomic mass is 16.6. The first-order valence-electron chi connectivity index (χ1n) is 9.67. The van der Waals surface area contributed by atoms with Gasteiger partial charge in [-0.3, -0.25) is 4.79 Å². The number of carbonyl (C=O) groups excluding carboxylic acids is 2. The first-order chi connectivity index (χ1) is 13.6. The van der Waals surface area contributed by atoms with Gasteiger partial charge in [-0.2, -0.15) is 0 Å². The average molecular weight is 405 g/mol. The molecule has 1 aromatic heterocycles. The van der Waals surface area contributed by atoms with Crippen molar-refractivity contribution in [1.82, 2.24) is 15.2 Å². The summed E-state index contributed by atoms with van der Waals surface area (Å²) in [6.07, 6.45) is 6.26. The van der Waals surface area contributed by atoms with Crippen LogP contribution in [0.5, 0.6) is 11.6 Å². The van der Waals surface area contributed by atoms with E-state index < -0.39 is 11.7 Å². The van der Waals surface area contributed by atoms with Gasteiger partial charge < -0.3 is 24.4 Å². The molecular weight excluding hydrogens is 374 g/mol. The second-order valence-electron chi connectivity index (χ2n) is 8.23. The monoisotopic (exact) mass is 405 g/mol. The van der Waals surface area contributed by atoms with Gasteiger partial charge in [0.05, 0.1) is 7.11 Å². The van der Waals surface area contributed by atoms with E-state index in [4.69, 9.17) is 14.2 Å². The Balaban J connectivity index is 2.07. The SMILES string of the molecule is COc1nccc(O[C@@H]2CC[C@H](NC(=O)OC(C)(C)C)C2)c1C(=O)C=CN(C)C. The number of methoxy groups -OCH3 is 1. The van der Waals surface area contributed by atoms with E-state index in [-0.39, 0.29) is 29.4 Å². The molecule has 1 fully saturated rings. The zero-order chi connectivity index (χ0) is 21.6. The summed E-state index contributed by atoms with van der Waals surface area (Å²) in [6.45, 7) is 5.48. The molecule has 160 valence electrons. The van der Waals surface area contributed by atoms with Crippen LogP contribution in [-0.4, -0.2) is 60.7 Å². The first kappa shape index (κ1) is 22.5. The molecule has 0 spiro atoms. The van der Waals surface area contributed by atoms with Crippen LogP contribution in [0.2, 0.25) is 0 Å². The van der Waals surface area contributed by atoms with Crippen molar-refractivity contribution in [2.24, 2.45) is 0 Å². The van der Waals surface area contributed by atoms with Crippen LogP contribution in [0.4, 0.5) is 4.79 Å². The molecule has 29 heavy (non-hydrogen) atoms. The summed E-state index contributed by atoms with van der Waals surface area (Å²) >= 11 is 0. The molecule has 2 atom stereocenters. The van der Waals surface area contributed by atoms with Crippen molar-refractivity contribution in [3.05, 3.63) is 30.1 Å². The van der Waals surface area contributed by atoms with Crippen LogP contribution in [0.1, 0.15) is 50.4 Å². The van der Waals surface area contributed by atoms with Gasteiger partial charge in [-0.25, -0.2) is 9.78 Å². The number of hydrogen-bond donors (Lipinski definition) is 1. The quantitative estimate of drug-likeness (QED) is 0.550. The smallest absolute Gasteiger partial charge is 0.407 e. The number of aromatic nitrogens is 1. The maximum atomic E-state index is 12.7. The van der Waals surface area contributed by atoms with Crippen LogP contribution in [0.15, 0.2) is 24.5 Å². The van der Waals surface area contributed by atoms with Gasteiger partial charge >= 0.3 is 6.09 Å². The van der Waals surface area contributed by atoms with E-state index in [1.54, 1.807) is 23.4 Å². The summed E-state index contributed by atoms with van der Waals surface area (Å²) in [5.74, 6) is 0.394. The Hall–Kier alpha value is -2.77. The molecule has 1 aromatic rings. The Kier molecular flexibility index (Phi) is 7.47. The van der Waals surface area contributed by atoms with Gasteiger partial charge in [0, 0.05) is 45.0 Å². The number of allylic oxidation sites excluding steroid dienone is 1. The molecule has 0 aliphatic heterocycles. The van der Waals surface area contributed by atoms with Crippen LogP contribution in [-0.2, 0) is 4.74 Å². The molecular formula is C21H31N3O5. The minimum Gasteiger partial charge on any atom is -0.489 e. The van der Waals surface area contributed by atoms with Gasteiger partial charge in [0.15, 0.2) is 5.78 Å². The van der Waals surface area contributed by atoms with Gasteiger partial charge in [0.2, 0.25) is 5.88 Å². The molecule has 0 bridgehead atoms. The van der Waals surface area contributed by atoms with Gasteiger partial charge in [-0.15, -0.1) is 0 Å². The lowest BCUT2D eigenvalue weighted by Gasteiger charge is -2.22. The third-order valence-corrected chi connectivity index (χ3v) is 4.24. The van der Waals surface area contributed by atoms with Crippen molar-refractivity contribution < 1.29 is 23.8 Å². The molecule has 1 heterocycles. The Morgan fingerprint density at radius 3 is 2.62 bits per heavy atom. The number of nitrogens with zero attached hydrogens (tertiary/aromatic N) is 2. The van der Waals surface area contributed by atoms with E-state index in [2.05, 4.69) is 10.3 Å². The minimum atomic E-state index is -0.540. The Morgan fingerprint density at radius 1 is 1.28 bits per heavy atom. The van der Waals surface area contributed by atoms with E-state index in [1.807, 2.05) is 34.9 Å². The molecule has 1 aliphatic rings. The largest absolute Gasteiger partial charge is 0.489 e. The van der Waals surface area contributed by atoms with Crippen LogP contribution in [0.3, 0.4) is 0 Å². The number of carbonyl (C=O) groups is 2. The topological polar surface area (TPSA) is 90.0 Å². The zero-order valence-corrected chi connectivity index (χ0v) is 18.0. The fraction of sp³-hybridized carbons (Fsp3) is 0.571. The molecule has 1 aliphatic carbocycles. The van der Waals surface area contributed by atoms with Crippen LogP contribution < -0.4 is 14.8 Å². The number of pyridine rings is 1. The Labute approximate surface area is 172 Å². The van der Waals surface area contributed by atoms with Crippen molar-refractivity contribution in [3.8, 4) is 11.6 Å². The molecule has 1 amide bonds. The maximum absolute atomic E-state index is 12.7. The predicted octanol–water partition coefficient (Wildman–Crippen LogP) is 3.17. The number of ketones is 1. The van der Waals surface area contributed by atoms with E-state index in [0.717, 1.165) is 12.8 Å². The van der Waals surface area contributed by atoms with Crippen LogP contribution in [0, 0.1) is 0 Å². The molecule has 1 N–H and O–H groups in total. The lowest BCUT2D eigenvalue weighted by atomic mass is 10.1. The van der Waals surface area contributed by atoms with Crippen molar-refractivity contribution in [2.75, 3.05) is 21.2 Å². The van der Waals surface area contributed by atoms with Crippen molar-refractivity contribution >= 4 is 11.9 Å². The van der Waals surface area contributed by atoms with Crippen molar-refractivity contribution in [2.45, 2.75) is 57.8 Å². The highest BCUT2D eigenvalue weighted by Gasteiger charge is 2.30. The van der Waals surface area contributed by atoms with E-state index in [1.165, 1.54) is 13.2 Å². The standard InChI is InChI=1S/C21H31N3O5/c1-21(2,3)29-20(26)23-14-7-8-15(13-14)28-17-9-11-22-19(27-6)18(17)16(25)10-12-24(4)5/h9-12,14-15H,7-8,13H2,1-6H3,(H,23,26)/t14-,15+/m0/s1. The highest BCUT2D eigenvalue weighted by Crippen LogP contribution is 2.31. The maximum Gasteiger partial charge on any atom is 0.407 e. The van der Waals surface area contributed by atoms with Gasteiger partial charge in [0.1, 0.15) is 23.0 Å². The summed E-state index contributed by atoms with van der Waals surface area (Å²) in [4.78, 5) is 30.6. The second-order valence-corrected chi connectivity index (χ2v) is 8.23. The van der Waals surface area contributed by atoms with Crippen LogP contribution >= 0.6 is 0 Å². The minimum absolute atomic E-state index is 0.0358. The summed E-state index contributed by atoms with van der Waals surface area (Å²) in [7, 11) is 5.13. The predicted molar refractivity (Wildman–Crippen MR) is 109 cm³/mol. The third kappa shape index (κ3) is 6.96. The summed E-state index contributed by atoms with van der Waals surface area (Å²) < 4.78 is 16.7. The van der Waals surface area contributed by atoms with Gasteiger partial charge in [-0.05, 0) is 39.7 Å². The number of rotatable bonds is 7. The normalized spacial score (nSPS) is 19.1. The fourth-order valence-electron chi connectivity index (χ4n) is 3.04. The zero-order valence-electron chi connectivity index (χ0n) is 18.0. The Bertz CT molecular complexity index is 755. The molecule has 8 nitrogen and oxygen atoms in total. The lowest BCUT2D eigenvalue weighted by molar-refractivity contribution is 0.0503. The summed E-state index contributed by atoms with van der Waals surface area (Å²) in [5.41, 5.74) is -0.252. The molecule has 8 heteroatoms. The number of alkyl carbamates (subject to hydrolysis) is 1. The lowest BCUT2D eigenvalue weighted by Crippen LogP contribution is -2.38. The molecule has 0 aromatic carbocycles. The molecule has 2 rings (SSSR count). The average Bonchev–Trinajstić information content (AvgIpc) is 3.04. The van der Waals surface area contributed by atoms with E-state index in [9.17, 15) is 9.59 Å². The third-order valence-electron chi connectivity index (χ3n) is 4.24. The Morgan fingerprint density at radius 2 is 2.00 bits per heavy atom. The molecule has 1 saturated carbocycles. The number of amides is 1. The first-order valence-corrected chi connectivity index (χ1v) is 9.67. The van der Waals surface area contributed by atoms with Gasteiger partial charge in [0.25, 0.3) is 0 Å². The van der Waals surface area contributed by atoms with Crippen molar-refractivity contribution in [1.29, 1.82) is 0 Å². The second kappa shape index (κ2) is 9.62. The summed E-state index contributed by atoms with van der Waals surface area (Å²) in [5, 5.41) is 2.88. The van der Waals surface area contributed by atoms with Gasteiger partial charge in [-0.1, -0.05) is 0 Å². The summed E-state index contributed by atoms with van der Waals surface area (Å²) in [6, 6.07) is 1.62. The molecule has 0 saturated heterocycles. The van der Waals surface area contributed by atoms with Crippen molar-refractivity contribution in [3.63, 3.8) is 0 Å². The number of ether oxygens (including phenoxy) is 3. The fourth-order valence-corrected chi connectivity index (χ4v) is 3.04. The molecule has 0 unspecified atom stereocenters. The highest BCUT2D eigenvalue weighted by molar-refractivity contribution is 6.08.